The summed E-state index contributed by atoms with van der Waals surface area (Å²) in [7, 11) is 3.62. The smallest absolute Gasteiger partial charge is 0.0691 e. The van der Waals surface area contributed by atoms with Crippen LogP contribution in [0.4, 0.5) is 5.69 Å². The number of hydrogen-bond acceptors (Lipinski definition) is 2. The van der Waals surface area contributed by atoms with Crippen LogP contribution in [0.5, 0.6) is 0 Å². The second kappa shape index (κ2) is 4.47. The first-order valence-corrected chi connectivity index (χ1v) is 4.98. The van der Waals surface area contributed by atoms with E-state index >= 15 is 0 Å². The highest BCUT2D eigenvalue weighted by atomic mass is 16.7. The SMILES string of the molecule is CCc1cc(C)c(N(C)OC)c(C)c1. The van der Waals surface area contributed by atoms with Gasteiger partial charge < -0.3 is 0 Å². The average molecular weight is 193 g/mol. The molecule has 2 nitrogen and oxygen atoms in total. The third-order valence-electron chi connectivity index (χ3n) is 2.55. The van der Waals surface area contributed by atoms with Gasteiger partial charge in [0.1, 0.15) is 0 Å². The zero-order valence-corrected chi connectivity index (χ0v) is 9.72. The van der Waals surface area contributed by atoms with Crippen LogP contribution in [0.25, 0.3) is 0 Å². The predicted octanol–water partition coefficient (Wildman–Crippen LogP) is 2.86. The van der Waals surface area contributed by atoms with Gasteiger partial charge in [-0.2, -0.15) is 0 Å². The van der Waals surface area contributed by atoms with Gasteiger partial charge in [-0.25, -0.2) is 0 Å². The molecule has 1 rings (SSSR count). The minimum Gasteiger partial charge on any atom is -0.277 e. The van der Waals surface area contributed by atoms with Crippen molar-refractivity contribution in [2.45, 2.75) is 27.2 Å². The average Bonchev–Trinajstić information content (AvgIpc) is 2.16. The van der Waals surface area contributed by atoms with Crippen molar-refractivity contribution >= 4 is 5.69 Å². The maximum absolute atomic E-state index is 5.20. The van der Waals surface area contributed by atoms with E-state index in [0.29, 0.717) is 0 Å². The molecule has 0 unspecified atom stereocenters. The first-order valence-electron chi connectivity index (χ1n) is 4.98. The highest BCUT2D eigenvalue weighted by Gasteiger charge is 2.08. The number of rotatable bonds is 3. The number of benzene rings is 1. The van der Waals surface area contributed by atoms with Crippen molar-refractivity contribution in [3.63, 3.8) is 0 Å². The van der Waals surface area contributed by atoms with E-state index in [4.69, 9.17) is 4.84 Å². The molecule has 1 aromatic rings. The van der Waals surface area contributed by atoms with Gasteiger partial charge in [-0.1, -0.05) is 19.1 Å². The molecular formula is C12H19NO. The van der Waals surface area contributed by atoms with Crippen LogP contribution < -0.4 is 5.06 Å². The van der Waals surface area contributed by atoms with Crippen LogP contribution in [0.2, 0.25) is 0 Å². The molecule has 0 amide bonds. The van der Waals surface area contributed by atoms with Crippen molar-refractivity contribution in [2.75, 3.05) is 19.2 Å². The molecule has 0 radical (unpaired) electrons. The molecule has 0 saturated carbocycles. The first kappa shape index (κ1) is 11.1. The van der Waals surface area contributed by atoms with Crippen LogP contribution >= 0.6 is 0 Å². The Bertz CT molecular complexity index is 297. The molecule has 2 heteroatoms. The Kier molecular flexibility index (Phi) is 3.53. The summed E-state index contributed by atoms with van der Waals surface area (Å²) in [6.45, 7) is 6.42. The summed E-state index contributed by atoms with van der Waals surface area (Å²) in [5.41, 5.74) is 5.09. The molecule has 0 aliphatic rings. The molecule has 0 aliphatic carbocycles. The minimum absolute atomic E-state index is 1.08. The maximum Gasteiger partial charge on any atom is 0.0691 e. The summed E-state index contributed by atoms with van der Waals surface area (Å²) >= 11 is 0. The van der Waals surface area contributed by atoms with E-state index < -0.39 is 0 Å². The van der Waals surface area contributed by atoms with Crippen LogP contribution in [0.1, 0.15) is 23.6 Å². The fraction of sp³-hybridized carbons (Fsp3) is 0.500. The Morgan fingerprint density at radius 1 is 1.21 bits per heavy atom. The lowest BCUT2D eigenvalue weighted by atomic mass is 10.0. The van der Waals surface area contributed by atoms with E-state index in [1.165, 1.54) is 22.4 Å². The summed E-state index contributed by atoms with van der Waals surface area (Å²) in [5.74, 6) is 0. The Labute approximate surface area is 86.4 Å². The quantitative estimate of drug-likeness (QED) is 0.684. The second-order valence-corrected chi connectivity index (χ2v) is 3.61. The number of nitrogens with zero attached hydrogens (tertiary/aromatic N) is 1. The monoisotopic (exact) mass is 193 g/mol. The Morgan fingerprint density at radius 3 is 2.07 bits per heavy atom. The molecule has 0 fully saturated rings. The van der Waals surface area contributed by atoms with Crippen LogP contribution in [0.3, 0.4) is 0 Å². The minimum atomic E-state index is 1.08. The van der Waals surface area contributed by atoms with Gasteiger partial charge in [-0.3, -0.25) is 9.90 Å². The summed E-state index contributed by atoms with van der Waals surface area (Å²) in [5, 5.41) is 1.81. The van der Waals surface area contributed by atoms with Gasteiger partial charge in [0, 0.05) is 7.05 Å². The van der Waals surface area contributed by atoms with Gasteiger partial charge in [0.25, 0.3) is 0 Å². The number of aryl methyl sites for hydroxylation is 3. The molecule has 0 aliphatic heterocycles. The van der Waals surface area contributed by atoms with Crippen LogP contribution in [0.15, 0.2) is 12.1 Å². The molecule has 0 saturated heterocycles. The zero-order chi connectivity index (χ0) is 10.7. The summed E-state index contributed by atoms with van der Waals surface area (Å²) in [6.07, 6.45) is 1.08. The lowest BCUT2D eigenvalue weighted by Gasteiger charge is -2.21. The predicted molar refractivity (Wildman–Crippen MR) is 60.7 cm³/mol. The Balaban J connectivity index is 3.18. The van der Waals surface area contributed by atoms with Gasteiger partial charge in [0.15, 0.2) is 0 Å². The molecule has 78 valence electrons. The number of hydroxylamine groups is 1. The molecule has 1 aromatic carbocycles. The fourth-order valence-electron chi connectivity index (χ4n) is 1.84. The number of hydrogen-bond donors (Lipinski definition) is 0. The molecule has 0 spiro atoms. The van der Waals surface area contributed by atoms with Crippen molar-refractivity contribution < 1.29 is 4.84 Å². The molecule has 0 atom stereocenters. The van der Waals surface area contributed by atoms with E-state index in [2.05, 4.69) is 32.9 Å². The van der Waals surface area contributed by atoms with E-state index in [1.807, 2.05) is 12.1 Å². The first-order chi connectivity index (χ1) is 6.60. The number of anilines is 1. The molecule has 0 aromatic heterocycles. The van der Waals surface area contributed by atoms with Gasteiger partial charge in [-0.15, -0.1) is 0 Å². The van der Waals surface area contributed by atoms with Crippen LogP contribution in [0, 0.1) is 13.8 Å². The Hall–Kier alpha value is -1.02. The van der Waals surface area contributed by atoms with Gasteiger partial charge in [0.05, 0.1) is 12.8 Å². The molecule has 0 N–H and O–H groups in total. The van der Waals surface area contributed by atoms with Crippen LogP contribution in [-0.2, 0) is 11.3 Å². The maximum atomic E-state index is 5.20. The highest BCUT2D eigenvalue weighted by molar-refractivity contribution is 5.58. The van der Waals surface area contributed by atoms with Crippen molar-refractivity contribution in [3.05, 3.63) is 28.8 Å². The largest absolute Gasteiger partial charge is 0.277 e. The molecule has 14 heavy (non-hydrogen) atoms. The molecule has 0 heterocycles. The normalized spacial score (nSPS) is 10.4. The Morgan fingerprint density at radius 2 is 1.71 bits per heavy atom. The summed E-state index contributed by atoms with van der Waals surface area (Å²) < 4.78 is 0. The topological polar surface area (TPSA) is 12.5 Å². The van der Waals surface area contributed by atoms with Gasteiger partial charge >= 0.3 is 0 Å². The third-order valence-corrected chi connectivity index (χ3v) is 2.55. The van der Waals surface area contributed by atoms with E-state index in [0.717, 1.165) is 6.42 Å². The molecular weight excluding hydrogens is 174 g/mol. The van der Waals surface area contributed by atoms with Crippen molar-refractivity contribution in [2.24, 2.45) is 0 Å². The fourth-order valence-corrected chi connectivity index (χ4v) is 1.84. The van der Waals surface area contributed by atoms with Crippen molar-refractivity contribution in [3.8, 4) is 0 Å². The van der Waals surface area contributed by atoms with Gasteiger partial charge in [-0.05, 0) is 37.0 Å². The lowest BCUT2D eigenvalue weighted by Crippen LogP contribution is -2.17. The standard InChI is InChI=1S/C12H19NO/c1-6-11-7-9(2)12(10(3)8-11)13(4)14-5/h7-8H,6H2,1-5H3. The van der Waals surface area contributed by atoms with E-state index in [1.54, 1.807) is 7.11 Å². The third kappa shape index (κ3) is 2.07. The summed E-state index contributed by atoms with van der Waals surface area (Å²) in [6, 6.07) is 4.44. The van der Waals surface area contributed by atoms with Crippen LogP contribution in [-0.4, -0.2) is 14.2 Å². The summed E-state index contributed by atoms with van der Waals surface area (Å²) in [4.78, 5) is 5.20. The van der Waals surface area contributed by atoms with Gasteiger partial charge in [0.2, 0.25) is 0 Å². The zero-order valence-electron chi connectivity index (χ0n) is 9.72. The van der Waals surface area contributed by atoms with Crippen molar-refractivity contribution in [1.29, 1.82) is 0 Å². The second-order valence-electron chi connectivity index (χ2n) is 3.61. The highest BCUT2D eigenvalue weighted by Crippen LogP contribution is 2.25. The van der Waals surface area contributed by atoms with E-state index in [9.17, 15) is 0 Å². The lowest BCUT2D eigenvalue weighted by molar-refractivity contribution is 0.184. The van der Waals surface area contributed by atoms with Crippen molar-refractivity contribution in [1.82, 2.24) is 0 Å². The molecule has 0 bridgehead atoms. The van der Waals surface area contributed by atoms with E-state index in [-0.39, 0.29) is 0 Å².